The quantitative estimate of drug-likeness (QED) is 0.617. The molecule has 1 N–H and O–H groups in total. The van der Waals surface area contributed by atoms with E-state index in [0.717, 1.165) is 5.69 Å². The van der Waals surface area contributed by atoms with Gasteiger partial charge in [-0.2, -0.15) is 0 Å². The number of rotatable bonds is 8. The first-order valence-corrected chi connectivity index (χ1v) is 8.56. The molecular weight excluding hydrogens is 344 g/mol. The third kappa shape index (κ3) is 4.68. The van der Waals surface area contributed by atoms with Crippen molar-refractivity contribution in [1.29, 1.82) is 0 Å². The van der Waals surface area contributed by atoms with Gasteiger partial charge in [0.15, 0.2) is 11.5 Å². The number of benzene rings is 2. The van der Waals surface area contributed by atoms with Crippen LogP contribution in [0.3, 0.4) is 0 Å². The maximum Gasteiger partial charge on any atom is 0.255 e. The van der Waals surface area contributed by atoms with Gasteiger partial charge in [-0.05, 0) is 48.5 Å². The van der Waals surface area contributed by atoms with E-state index >= 15 is 0 Å². The van der Waals surface area contributed by atoms with Crippen LogP contribution in [-0.2, 0) is 4.74 Å². The Kier molecular flexibility index (Phi) is 6.12. The summed E-state index contributed by atoms with van der Waals surface area (Å²) in [5.74, 6) is 0.956. The van der Waals surface area contributed by atoms with Crippen LogP contribution in [0.4, 0.5) is 5.69 Å². The molecule has 140 valence electrons. The van der Waals surface area contributed by atoms with Crippen LogP contribution in [0.2, 0.25) is 0 Å². The third-order valence-electron chi connectivity index (χ3n) is 4.00. The van der Waals surface area contributed by atoms with E-state index in [9.17, 15) is 4.79 Å². The van der Waals surface area contributed by atoms with Crippen molar-refractivity contribution in [2.75, 3.05) is 32.8 Å². The highest BCUT2D eigenvalue weighted by molar-refractivity contribution is 6.04. The number of ether oxygens (including phenoxy) is 3. The van der Waals surface area contributed by atoms with Gasteiger partial charge in [-0.25, -0.2) is 0 Å². The van der Waals surface area contributed by atoms with E-state index in [-0.39, 0.29) is 5.91 Å². The minimum atomic E-state index is -0.193. The summed E-state index contributed by atoms with van der Waals surface area (Å²) in [6.07, 6.45) is 3.91. The predicted octanol–water partition coefficient (Wildman–Crippen LogP) is 3.76. The van der Waals surface area contributed by atoms with Crippen LogP contribution in [-0.4, -0.2) is 37.9 Å². The van der Waals surface area contributed by atoms with Crippen LogP contribution < -0.4 is 14.8 Å². The lowest BCUT2D eigenvalue weighted by atomic mass is 10.2. The lowest BCUT2D eigenvalue weighted by Crippen LogP contribution is -2.12. The Bertz CT molecular complexity index is 874. The molecule has 0 radical (unpaired) electrons. The first kappa shape index (κ1) is 18.5. The number of hydrogen-bond acceptors (Lipinski definition) is 4. The number of amides is 1. The smallest absolute Gasteiger partial charge is 0.255 e. The molecule has 0 spiro atoms. The highest BCUT2D eigenvalue weighted by atomic mass is 16.5. The van der Waals surface area contributed by atoms with E-state index in [4.69, 9.17) is 14.2 Å². The maximum absolute atomic E-state index is 12.5. The van der Waals surface area contributed by atoms with Crippen molar-refractivity contribution in [2.24, 2.45) is 0 Å². The lowest BCUT2D eigenvalue weighted by molar-refractivity contribution is 0.102. The molecule has 1 heterocycles. The summed E-state index contributed by atoms with van der Waals surface area (Å²) in [6.45, 7) is 0.860. The number of nitrogens with one attached hydrogen (secondary N) is 1. The van der Waals surface area contributed by atoms with Crippen LogP contribution in [0, 0.1) is 0 Å². The van der Waals surface area contributed by atoms with Gasteiger partial charge in [-0.15, -0.1) is 0 Å². The molecule has 0 aliphatic rings. The summed E-state index contributed by atoms with van der Waals surface area (Å²) < 4.78 is 17.9. The van der Waals surface area contributed by atoms with Crippen molar-refractivity contribution in [3.05, 3.63) is 72.6 Å². The molecule has 0 fully saturated rings. The fourth-order valence-corrected chi connectivity index (χ4v) is 2.60. The Hall–Kier alpha value is -3.25. The molecule has 0 aliphatic heterocycles. The molecule has 3 rings (SSSR count). The molecule has 2 aromatic carbocycles. The van der Waals surface area contributed by atoms with Crippen LogP contribution in [0.1, 0.15) is 10.4 Å². The van der Waals surface area contributed by atoms with Crippen molar-refractivity contribution < 1.29 is 19.0 Å². The van der Waals surface area contributed by atoms with Crippen molar-refractivity contribution in [1.82, 2.24) is 4.57 Å². The maximum atomic E-state index is 12.5. The van der Waals surface area contributed by atoms with Crippen LogP contribution in [0.25, 0.3) is 5.69 Å². The molecule has 0 unspecified atom stereocenters. The average molecular weight is 366 g/mol. The molecule has 0 saturated carbocycles. The number of carbonyl (C=O) groups excluding carboxylic acids is 1. The van der Waals surface area contributed by atoms with Crippen molar-refractivity contribution >= 4 is 11.6 Å². The van der Waals surface area contributed by atoms with Crippen molar-refractivity contribution in [3.63, 3.8) is 0 Å². The largest absolute Gasteiger partial charge is 0.493 e. The Morgan fingerprint density at radius 1 is 0.963 bits per heavy atom. The average Bonchev–Trinajstić information content (AvgIpc) is 3.23. The van der Waals surface area contributed by atoms with Crippen molar-refractivity contribution in [3.8, 4) is 17.2 Å². The summed E-state index contributed by atoms with van der Waals surface area (Å²) in [7, 11) is 3.18. The SMILES string of the molecule is COCCOc1cc(NC(=O)c2ccc(-n3cccc3)cc2)ccc1OC. The Morgan fingerprint density at radius 3 is 2.37 bits per heavy atom. The number of nitrogens with zero attached hydrogens (tertiary/aromatic N) is 1. The molecule has 0 atom stereocenters. The van der Waals surface area contributed by atoms with E-state index in [2.05, 4.69) is 5.32 Å². The Balaban J connectivity index is 1.70. The van der Waals surface area contributed by atoms with E-state index in [1.807, 2.05) is 41.2 Å². The molecule has 6 nitrogen and oxygen atoms in total. The minimum Gasteiger partial charge on any atom is -0.493 e. The zero-order chi connectivity index (χ0) is 19.1. The summed E-state index contributed by atoms with van der Waals surface area (Å²) in [6, 6.07) is 16.6. The van der Waals surface area contributed by atoms with E-state index in [1.165, 1.54) is 0 Å². The second-order valence-electron chi connectivity index (χ2n) is 5.80. The number of methoxy groups -OCH3 is 2. The lowest BCUT2D eigenvalue weighted by Gasteiger charge is -2.13. The summed E-state index contributed by atoms with van der Waals surface area (Å²) in [5.41, 5.74) is 2.20. The Labute approximate surface area is 158 Å². The zero-order valence-corrected chi connectivity index (χ0v) is 15.3. The van der Waals surface area contributed by atoms with E-state index in [1.54, 1.807) is 44.6 Å². The monoisotopic (exact) mass is 366 g/mol. The van der Waals surface area contributed by atoms with Gasteiger partial charge < -0.3 is 24.1 Å². The molecule has 0 aliphatic carbocycles. The van der Waals surface area contributed by atoms with Crippen LogP contribution in [0.5, 0.6) is 11.5 Å². The van der Waals surface area contributed by atoms with Gasteiger partial charge in [0.1, 0.15) is 6.61 Å². The standard InChI is InChI=1S/C21H22N2O4/c1-25-13-14-27-20-15-17(7-10-19(20)26-2)22-21(24)16-5-8-18(9-6-16)23-11-3-4-12-23/h3-12,15H,13-14H2,1-2H3,(H,22,24). The van der Waals surface area contributed by atoms with Gasteiger partial charge >= 0.3 is 0 Å². The Morgan fingerprint density at radius 2 is 1.70 bits per heavy atom. The molecule has 1 amide bonds. The number of aromatic nitrogens is 1. The second kappa shape index (κ2) is 8.91. The first-order valence-electron chi connectivity index (χ1n) is 8.56. The fraction of sp³-hybridized carbons (Fsp3) is 0.190. The predicted molar refractivity (Wildman–Crippen MR) is 104 cm³/mol. The summed E-state index contributed by atoms with van der Waals surface area (Å²) >= 11 is 0. The molecule has 0 saturated heterocycles. The first-order chi connectivity index (χ1) is 13.2. The topological polar surface area (TPSA) is 61.7 Å². The van der Waals surface area contributed by atoms with E-state index in [0.29, 0.717) is 36.0 Å². The normalized spacial score (nSPS) is 10.4. The molecule has 6 heteroatoms. The van der Waals surface area contributed by atoms with Gasteiger partial charge in [0.2, 0.25) is 0 Å². The molecule has 27 heavy (non-hydrogen) atoms. The molecule has 3 aromatic rings. The fourth-order valence-electron chi connectivity index (χ4n) is 2.60. The van der Waals surface area contributed by atoms with Crippen molar-refractivity contribution in [2.45, 2.75) is 0 Å². The molecule has 0 bridgehead atoms. The summed E-state index contributed by atoms with van der Waals surface area (Å²) in [5, 5.41) is 2.88. The van der Waals surface area contributed by atoms with Gasteiger partial charge in [0, 0.05) is 42.5 Å². The van der Waals surface area contributed by atoms with E-state index < -0.39 is 0 Å². The van der Waals surface area contributed by atoms with Crippen LogP contribution >= 0.6 is 0 Å². The number of carbonyl (C=O) groups is 1. The minimum absolute atomic E-state index is 0.193. The van der Waals surface area contributed by atoms with Gasteiger partial charge in [0.05, 0.1) is 13.7 Å². The summed E-state index contributed by atoms with van der Waals surface area (Å²) in [4.78, 5) is 12.5. The highest BCUT2D eigenvalue weighted by Gasteiger charge is 2.10. The van der Waals surface area contributed by atoms with Gasteiger partial charge in [0.25, 0.3) is 5.91 Å². The van der Waals surface area contributed by atoms with Gasteiger partial charge in [-0.1, -0.05) is 0 Å². The molecular formula is C21H22N2O4. The highest BCUT2D eigenvalue weighted by Crippen LogP contribution is 2.30. The number of hydrogen-bond donors (Lipinski definition) is 1. The van der Waals surface area contributed by atoms with Gasteiger partial charge in [-0.3, -0.25) is 4.79 Å². The third-order valence-corrected chi connectivity index (χ3v) is 4.00. The number of anilines is 1. The second-order valence-corrected chi connectivity index (χ2v) is 5.80. The van der Waals surface area contributed by atoms with Crippen LogP contribution in [0.15, 0.2) is 67.0 Å². The zero-order valence-electron chi connectivity index (χ0n) is 15.3. The molecule has 1 aromatic heterocycles.